The van der Waals surface area contributed by atoms with Crippen LogP contribution in [0.5, 0.6) is 5.75 Å². The lowest BCUT2D eigenvalue weighted by molar-refractivity contribution is -0.870. The van der Waals surface area contributed by atoms with Crippen LogP contribution in [0.2, 0.25) is 0 Å². The number of rotatable bonds is 4. The van der Waals surface area contributed by atoms with Gasteiger partial charge in [-0.2, -0.15) is 0 Å². The maximum atomic E-state index is 10.6. The summed E-state index contributed by atoms with van der Waals surface area (Å²) in [4.78, 5) is 10.6. The van der Waals surface area contributed by atoms with Crippen molar-refractivity contribution in [2.45, 2.75) is 6.42 Å². The van der Waals surface area contributed by atoms with Gasteiger partial charge in [0.15, 0.2) is 0 Å². The molecule has 0 aromatic heterocycles. The quantitative estimate of drug-likeness (QED) is 0.784. The fourth-order valence-corrected chi connectivity index (χ4v) is 1.35. The van der Waals surface area contributed by atoms with E-state index < -0.39 is 6.09 Å². The van der Waals surface area contributed by atoms with Crippen molar-refractivity contribution >= 4 is 6.09 Å². The van der Waals surface area contributed by atoms with Crippen molar-refractivity contribution in [3.63, 3.8) is 0 Å². The zero-order valence-electron chi connectivity index (χ0n) is 10.1. The lowest BCUT2D eigenvalue weighted by atomic mass is 10.1. The van der Waals surface area contributed by atoms with Gasteiger partial charge in [0.25, 0.3) is 0 Å². The Labute approximate surface area is 96.2 Å². The Morgan fingerprint density at radius 3 is 2.62 bits per heavy atom. The maximum absolute atomic E-state index is 10.6. The van der Waals surface area contributed by atoms with Crippen LogP contribution in [0.15, 0.2) is 24.3 Å². The number of quaternary nitrogens is 1. The molecule has 0 fully saturated rings. The van der Waals surface area contributed by atoms with E-state index in [1.807, 2.05) is 18.2 Å². The molecule has 0 radical (unpaired) electrons. The van der Waals surface area contributed by atoms with Crippen molar-refractivity contribution in [3.8, 4) is 5.75 Å². The average Bonchev–Trinajstić information content (AvgIpc) is 2.13. The maximum Gasteiger partial charge on any atom is 0.409 e. The van der Waals surface area contributed by atoms with Crippen LogP contribution in [0, 0.1) is 0 Å². The number of hydrogen-bond donors (Lipinski definition) is 1. The molecule has 1 aromatic carbocycles. The van der Waals surface area contributed by atoms with Crippen molar-refractivity contribution in [3.05, 3.63) is 29.8 Å². The molecule has 16 heavy (non-hydrogen) atoms. The monoisotopic (exact) mass is 223 g/mol. The Bertz CT molecular complexity index is 370. The number of benzene rings is 1. The molecule has 0 aliphatic heterocycles. The summed E-state index contributed by atoms with van der Waals surface area (Å²) in [5.41, 5.74) is 6.10. The highest BCUT2D eigenvalue weighted by molar-refractivity contribution is 5.68. The summed E-state index contributed by atoms with van der Waals surface area (Å²) in [7, 11) is 6.43. The molecular weight excluding hydrogens is 204 g/mol. The van der Waals surface area contributed by atoms with E-state index in [9.17, 15) is 4.79 Å². The summed E-state index contributed by atoms with van der Waals surface area (Å²) in [6.45, 7) is 1.03. The minimum Gasteiger partial charge on any atom is -0.410 e. The third-order valence-electron chi connectivity index (χ3n) is 2.19. The van der Waals surface area contributed by atoms with E-state index in [0.29, 0.717) is 5.75 Å². The van der Waals surface area contributed by atoms with Crippen LogP contribution in [0.3, 0.4) is 0 Å². The van der Waals surface area contributed by atoms with Crippen LogP contribution in [0.4, 0.5) is 4.79 Å². The summed E-state index contributed by atoms with van der Waals surface area (Å²) in [5.74, 6) is 0.506. The number of likely N-dealkylation sites (N-methyl/N-ethyl adjacent to an activating group) is 1. The highest BCUT2D eigenvalue weighted by Crippen LogP contribution is 2.14. The van der Waals surface area contributed by atoms with Gasteiger partial charge in [-0.05, 0) is 17.7 Å². The molecule has 0 unspecified atom stereocenters. The number of primary amides is 1. The van der Waals surface area contributed by atoms with Gasteiger partial charge >= 0.3 is 6.09 Å². The van der Waals surface area contributed by atoms with Gasteiger partial charge in [0.2, 0.25) is 0 Å². The van der Waals surface area contributed by atoms with Gasteiger partial charge < -0.3 is 15.0 Å². The van der Waals surface area contributed by atoms with E-state index in [0.717, 1.165) is 23.0 Å². The fourth-order valence-electron chi connectivity index (χ4n) is 1.35. The van der Waals surface area contributed by atoms with Gasteiger partial charge in [-0.1, -0.05) is 12.1 Å². The number of nitrogens with zero attached hydrogens (tertiary/aromatic N) is 1. The summed E-state index contributed by atoms with van der Waals surface area (Å²) in [6, 6.07) is 7.45. The van der Waals surface area contributed by atoms with Crippen LogP contribution in [-0.2, 0) is 6.42 Å². The van der Waals surface area contributed by atoms with Crippen LogP contribution < -0.4 is 10.5 Å². The first-order chi connectivity index (χ1) is 7.37. The Kier molecular flexibility index (Phi) is 3.90. The SMILES string of the molecule is C[N+](C)(C)CCc1cccc(OC(N)=O)c1. The second-order valence-corrected chi connectivity index (χ2v) is 4.83. The van der Waals surface area contributed by atoms with Gasteiger partial charge in [-0.3, -0.25) is 0 Å². The largest absolute Gasteiger partial charge is 0.410 e. The predicted molar refractivity (Wildman–Crippen MR) is 63.3 cm³/mol. The van der Waals surface area contributed by atoms with Crippen molar-refractivity contribution in [1.29, 1.82) is 0 Å². The number of carbonyl (C=O) groups excluding carboxylic acids is 1. The molecule has 88 valence electrons. The standard InChI is InChI=1S/C12H18N2O2/c1-14(2,3)8-7-10-5-4-6-11(9-10)16-12(13)15/h4-6,9H,7-8H2,1-3H3,(H-,13,15)/p+1. The zero-order chi connectivity index (χ0) is 12.2. The number of carbonyl (C=O) groups is 1. The molecule has 0 atom stereocenters. The topological polar surface area (TPSA) is 52.3 Å². The minimum atomic E-state index is -0.774. The summed E-state index contributed by atoms with van der Waals surface area (Å²) < 4.78 is 5.72. The molecule has 0 bridgehead atoms. The molecule has 0 spiro atoms. The number of nitrogens with two attached hydrogens (primary N) is 1. The second-order valence-electron chi connectivity index (χ2n) is 4.83. The molecule has 1 rings (SSSR count). The molecule has 1 aromatic rings. The summed E-state index contributed by atoms with van der Waals surface area (Å²) in [6.07, 6.45) is 0.170. The molecule has 2 N–H and O–H groups in total. The number of hydrogen-bond acceptors (Lipinski definition) is 2. The second kappa shape index (κ2) is 4.99. The van der Waals surface area contributed by atoms with E-state index in [1.165, 1.54) is 0 Å². The van der Waals surface area contributed by atoms with Gasteiger partial charge in [0, 0.05) is 6.42 Å². The van der Waals surface area contributed by atoms with Crippen molar-refractivity contribution in [2.75, 3.05) is 27.7 Å². The number of ether oxygens (including phenoxy) is 1. The first kappa shape index (κ1) is 12.5. The fraction of sp³-hybridized carbons (Fsp3) is 0.417. The zero-order valence-corrected chi connectivity index (χ0v) is 10.1. The number of amides is 1. The van der Waals surface area contributed by atoms with Crippen LogP contribution in [0.1, 0.15) is 5.56 Å². The molecule has 0 saturated carbocycles. The third kappa shape index (κ3) is 4.79. The first-order valence-electron chi connectivity index (χ1n) is 5.23. The molecule has 0 aliphatic carbocycles. The third-order valence-corrected chi connectivity index (χ3v) is 2.19. The summed E-state index contributed by atoms with van der Waals surface area (Å²) >= 11 is 0. The average molecular weight is 223 g/mol. The van der Waals surface area contributed by atoms with Crippen molar-refractivity contribution in [1.82, 2.24) is 0 Å². The van der Waals surface area contributed by atoms with Crippen LogP contribution in [-0.4, -0.2) is 38.3 Å². The van der Waals surface area contributed by atoms with Gasteiger partial charge in [-0.15, -0.1) is 0 Å². The van der Waals surface area contributed by atoms with Gasteiger partial charge in [-0.25, -0.2) is 4.79 Å². The smallest absolute Gasteiger partial charge is 0.409 e. The normalized spacial score (nSPS) is 11.2. The van der Waals surface area contributed by atoms with Gasteiger partial charge in [0.05, 0.1) is 27.7 Å². The van der Waals surface area contributed by atoms with E-state index in [2.05, 4.69) is 21.1 Å². The highest BCUT2D eigenvalue weighted by atomic mass is 16.5. The van der Waals surface area contributed by atoms with Crippen LogP contribution in [0.25, 0.3) is 0 Å². The molecule has 0 saturated heterocycles. The first-order valence-corrected chi connectivity index (χ1v) is 5.23. The molecular formula is C12H19N2O2+. The van der Waals surface area contributed by atoms with Crippen molar-refractivity contribution in [2.24, 2.45) is 5.73 Å². The van der Waals surface area contributed by atoms with Gasteiger partial charge in [0.1, 0.15) is 5.75 Å². The highest BCUT2D eigenvalue weighted by Gasteiger charge is 2.07. The molecule has 4 nitrogen and oxygen atoms in total. The van der Waals surface area contributed by atoms with E-state index in [-0.39, 0.29) is 0 Å². The predicted octanol–water partition coefficient (Wildman–Crippen LogP) is 1.39. The van der Waals surface area contributed by atoms with Crippen LogP contribution >= 0.6 is 0 Å². The summed E-state index contributed by atoms with van der Waals surface area (Å²) in [5, 5.41) is 0. The molecule has 0 heterocycles. The lowest BCUT2D eigenvalue weighted by Gasteiger charge is -2.23. The molecule has 0 aliphatic rings. The Morgan fingerprint density at radius 2 is 2.06 bits per heavy atom. The molecule has 1 amide bonds. The van der Waals surface area contributed by atoms with E-state index >= 15 is 0 Å². The Balaban J connectivity index is 2.64. The Hall–Kier alpha value is -1.55. The minimum absolute atomic E-state index is 0.506. The Morgan fingerprint density at radius 1 is 1.38 bits per heavy atom. The molecule has 4 heteroatoms. The van der Waals surface area contributed by atoms with E-state index in [4.69, 9.17) is 10.5 Å². The van der Waals surface area contributed by atoms with E-state index in [1.54, 1.807) is 6.07 Å². The lowest BCUT2D eigenvalue weighted by Crippen LogP contribution is -2.36. The van der Waals surface area contributed by atoms with Crippen molar-refractivity contribution < 1.29 is 14.0 Å².